The Morgan fingerprint density at radius 1 is 1.12 bits per heavy atom. The highest BCUT2D eigenvalue weighted by Gasteiger charge is 1.99. The van der Waals surface area contributed by atoms with Crippen molar-refractivity contribution >= 4 is 27.3 Å². The lowest BCUT2D eigenvalue weighted by molar-refractivity contribution is 1.07. The number of hydrogen-bond donors (Lipinski definition) is 2. The molecule has 0 aliphatic carbocycles. The average Bonchev–Trinajstić information content (AvgIpc) is 2.34. The minimum atomic E-state index is 0.581. The first-order valence-corrected chi connectivity index (χ1v) is 6.30. The van der Waals surface area contributed by atoms with Gasteiger partial charge in [-0.05, 0) is 48.4 Å². The highest BCUT2D eigenvalue weighted by Crippen LogP contribution is 2.23. The molecule has 0 aromatic heterocycles. The standard InChI is InChI=1S/C14H15BrN2/c1-10-8-12(15)4-7-14(10)17-13-5-2-11(9-16)3-6-13/h2-8,17H,9,16H2,1H3. The molecule has 0 bridgehead atoms. The molecule has 0 radical (unpaired) electrons. The van der Waals surface area contributed by atoms with E-state index in [2.05, 4.69) is 40.3 Å². The summed E-state index contributed by atoms with van der Waals surface area (Å²) in [7, 11) is 0. The molecule has 0 fully saturated rings. The Balaban J connectivity index is 2.19. The van der Waals surface area contributed by atoms with E-state index in [-0.39, 0.29) is 0 Å². The monoisotopic (exact) mass is 290 g/mol. The summed E-state index contributed by atoms with van der Waals surface area (Å²) in [6.07, 6.45) is 0. The lowest BCUT2D eigenvalue weighted by atomic mass is 10.1. The number of nitrogens with two attached hydrogens (primary N) is 1. The third-order valence-electron chi connectivity index (χ3n) is 2.66. The van der Waals surface area contributed by atoms with Gasteiger partial charge in [0.2, 0.25) is 0 Å². The maximum absolute atomic E-state index is 5.57. The number of anilines is 2. The Bertz CT molecular complexity index is 506. The number of aryl methyl sites for hydroxylation is 1. The predicted molar refractivity (Wildman–Crippen MR) is 76.5 cm³/mol. The van der Waals surface area contributed by atoms with E-state index in [1.807, 2.05) is 30.3 Å². The Morgan fingerprint density at radius 3 is 2.41 bits per heavy atom. The van der Waals surface area contributed by atoms with Gasteiger partial charge >= 0.3 is 0 Å². The molecule has 3 heteroatoms. The maximum Gasteiger partial charge on any atom is 0.0414 e. The van der Waals surface area contributed by atoms with Crippen LogP contribution in [0.25, 0.3) is 0 Å². The van der Waals surface area contributed by atoms with Crippen molar-refractivity contribution in [1.82, 2.24) is 0 Å². The minimum absolute atomic E-state index is 0.581. The van der Waals surface area contributed by atoms with Crippen LogP contribution >= 0.6 is 15.9 Å². The van der Waals surface area contributed by atoms with Gasteiger partial charge in [-0.15, -0.1) is 0 Å². The van der Waals surface area contributed by atoms with Gasteiger partial charge in [-0.25, -0.2) is 0 Å². The maximum atomic E-state index is 5.57. The topological polar surface area (TPSA) is 38.0 Å². The molecule has 17 heavy (non-hydrogen) atoms. The van der Waals surface area contributed by atoms with Gasteiger partial charge in [0.05, 0.1) is 0 Å². The fourth-order valence-corrected chi connectivity index (χ4v) is 2.12. The van der Waals surface area contributed by atoms with Gasteiger partial charge in [0.1, 0.15) is 0 Å². The van der Waals surface area contributed by atoms with Crippen molar-refractivity contribution in [1.29, 1.82) is 0 Å². The third kappa shape index (κ3) is 3.08. The Hall–Kier alpha value is -1.32. The largest absolute Gasteiger partial charge is 0.355 e. The van der Waals surface area contributed by atoms with Crippen LogP contribution in [0, 0.1) is 6.92 Å². The summed E-state index contributed by atoms with van der Waals surface area (Å²) in [5.74, 6) is 0. The molecule has 0 aliphatic heterocycles. The summed E-state index contributed by atoms with van der Waals surface area (Å²) in [4.78, 5) is 0. The van der Waals surface area contributed by atoms with Crippen LogP contribution in [-0.2, 0) is 6.54 Å². The van der Waals surface area contributed by atoms with E-state index in [1.165, 1.54) is 5.56 Å². The second-order valence-electron chi connectivity index (χ2n) is 3.99. The van der Waals surface area contributed by atoms with Crippen LogP contribution in [0.5, 0.6) is 0 Å². The Kier molecular flexibility index (Phi) is 3.82. The molecule has 88 valence electrons. The fourth-order valence-electron chi connectivity index (χ4n) is 1.65. The molecular weight excluding hydrogens is 276 g/mol. The van der Waals surface area contributed by atoms with Gasteiger partial charge in [-0.1, -0.05) is 28.1 Å². The Morgan fingerprint density at radius 2 is 1.82 bits per heavy atom. The molecule has 2 aromatic rings. The normalized spacial score (nSPS) is 10.3. The SMILES string of the molecule is Cc1cc(Br)ccc1Nc1ccc(CN)cc1. The van der Waals surface area contributed by atoms with Gasteiger partial charge in [0, 0.05) is 22.4 Å². The first kappa shape index (κ1) is 12.1. The quantitative estimate of drug-likeness (QED) is 0.898. The van der Waals surface area contributed by atoms with Gasteiger partial charge < -0.3 is 11.1 Å². The average molecular weight is 291 g/mol. The van der Waals surface area contributed by atoms with Crippen molar-refractivity contribution in [2.45, 2.75) is 13.5 Å². The van der Waals surface area contributed by atoms with E-state index < -0.39 is 0 Å². The molecule has 0 saturated carbocycles. The third-order valence-corrected chi connectivity index (χ3v) is 3.15. The molecule has 0 unspecified atom stereocenters. The van der Waals surface area contributed by atoms with Crippen molar-refractivity contribution in [2.24, 2.45) is 5.73 Å². The van der Waals surface area contributed by atoms with Crippen LogP contribution in [0.15, 0.2) is 46.9 Å². The summed E-state index contributed by atoms with van der Waals surface area (Å²) in [5, 5.41) is 3.39. The summed E-state index contributed by atoms with van der Waals surface area (Å²) in [5.41, 5.74) is 10.1. The molecule has 3 N–H and O–H groups in total. The number of rotatable bonds is 3. The van der Waals surface area contributed by atoms with Crippen molar-refractivity contribution in [2.75, 3.05) is 5.32 Å². The molecular formula is C14H15BrN2. The van der Waals surface area contributed by atoms with E-state index in [9.17, 15) is 0 Å². The number of benzene rings is 2. The van der Waals surface area contributed by atoms with Crippen LogP contribution in [0.2, 0.25) is 0 Å². The molecule has 0 saturated heterocycles. The minimum Gasteiger partial charge on any atom is -0.355 e. The van der Waals surface area contributed by atoms with Crippen molar-refractivity contribution in [3.8, 4) is 0 Å². The zero-order chi connectivity index (χ0) is 12.3. The van der Waals surface area contributed by atoms with Crippen molar-refractivity contribution in [3.63, 3.8) is 0 Å². The molecule has 0 spiro atoms. The number of hydrogen-bond acceptors (Lipinski definition) is 2. The number of nitrogens with one attached hydrogen (secondary N) is 1. The second kappa shape index (κ2) is 5.34. The zero-order valence-electron chi connectivity index (χ0n) is 9.70. The van der Waals surface area contributed by atoms with Gasteiger partial charge in [-0.3, -0.25) is 0 Å². The molecule has 2 rings (SSSR count). The van der Waals surface area contributed by atoms with Crippen LogP contribution < -0.4 is 11.1 Å². The van der Waals surface area contributed by atoms with Crippen LogP contribution in [0.3, 0.4) is 0 Å². The van der Waals surface area contributed by atoms with E-state index in [0.29, 0.717) is 6.54 Å². The zero-order valence-corrected chi connectivity index (χ0v) is 11.3. The lowest BCUT2D eigenvalue weighted by Gasteiger charge is -2.10. The second-order valence-corrected chi connectivity index (χ2v) is 4.90. The first-order chi connectivity index (χ1) is 8.19. The molecule has 0 heterocycles. The molecule has 0 atom stereocenters. The van der Waals surface area contributed by atoms with Gasteiger partial charge in [0.25, 0.3) is 0 Å². The molecule has 2 nitrogen and oxygen atoms in total. The van der Waals surface area contributed by atoms with E-state index in [0.717, 1.165) is 21.4 Å². The molecule has 2 aromatic carbocycles. The molecule has 0 amide bonds. The van der Waals surface area contributed by atoms with E-state index in [1.54, 1.807) is 0 Å². The fraction of sp³-hybridized carbons (Fsp3) is 0.143. The van der Waals surface area contributed by atoms with Crippen molar-refractivity contribution < 1.29 is 0 Å². The van der Waals surface area contributed by atoms with Crippen LogP contribution in [0.4, 0.5) is 11.4 Å². The first-order valence-electron chi connectivity index (χ1n) is 5.51. The summed E-state index contributed by atoms with van der Waals surface area (Å²) in [6, 6.07) is 14.4. The van der Waals surface area contributed by atoms with Gasteiger partial charge in [-0.2, -0.15) is 0 Å². The summed E-state index contributed by atoms with van der Waals surface area (Å²) < 4.78 is 1.10. The molecule has 0 aliphatic rings. The predicted octanol–water partition coefficient (Wildman–Crippen LogP) is 3.96. The Labute approximate surface area is 110 Å². The highest BCUT2D eigenvalue weighted by atomic mass is 79.9. The number of halogens is 1. The summed E-state index contributed by atoms with van der Waals surface area (Å²) >= 11 is 3.46. The highest BCUT2D eigenvalue weighted by molar-refractivity contribution is 9.10. The van der Waals surface area contributed by atoms with E-state index >= 15 is 0 Å². The van der Waals surface area contributed by atoms with Crippen LogP contribution in [0.1, 0.15) is 11.1 Å². The van der Waals surface area contributed by atoms with Crippen molar-refractivity contribution in [3.05, 3.63) is 58.1 Å². The lowest BCUT2D eigenvalue weighted by Crippen LogP contribution is -1.97. The van der Waals surface area contributed by atoms with E-state index in [4.69, 9.17) is 5.73 Å². The van der Waals surface area contributed by atoms with Gasteiger partial charge in [0.15, 0.2) is 0 Å². The smallest absolute Gasteiger partial charge is 0.0414 e. The van der Waals surface area contributed by atoms with Crippen LogP contribution in [-0.4, -0.2) is 0 Å². The summed E-state index contributed by atoms with van der Waals surface area (Å²) in [6.45, 7) is 2.67.